The number of aliphatic hydroxyl groups is 2. The first kappa shape index (κ1) is 51.7. The van der Waals surface area contributed by atoms with Gasteiger partial charge >= 0.3 is 0 Å². The first-order chi connectivity index (χ1) is 36.3. The van der Waals surface area contributed by atoms with Gasteiger partial charge in [-0.1, -0.05) is 87.6 Å². The molecule has 1 aromatic heterocycles. The van der Waals surface area contributed by atoms with Crippen molar-refractivity contribution in [3.05, 3.63) is 118 Å². The number of hydrogen-bond donors (Lipinski definition) is 8. The Morgan fingerprint density at radius 1 is 0.960 bits per heavy atom. The van der Waals surface area contributed by atoms with Gasteiger partial charge in [-0.25, -0.2) is 0 Å². The van der Waals surface area contributed by atoms with Crippen molar-refractivity contribution < 1.29 is 29.6 Å². The number of aromatic hydroxyl groups is 1. The number of H-pyrrole nitrogens is 1. The summed E-state index contributed by atoms with van der Waals surface area (Å²) in [4.78, 5) is 31.9. The largest absolute Gasteiger partial charge is 0.504 e. The summed E-state index contributed by atoms with van der Waals surface area (Å²) in [5.74, 6) is 11.1. The Kier molecular flexibility index (Phi) is 14.9. The van der Waals surface area contributed by atoms with Gasteiger partial charge in [-0.05, 0) is 187 Å². The highest BCUT2D eigenvalue weighted by atomic mass is 16.5. The quantitative estimate of drug-likeness (QED) is 0.0535. The lowest BCUT2D eigenvalue weighted by atomic mass is 9.46. The molecule has 75 heavy (non-hydrogen) atoms. The van der Waals surface area contributed by atoms with Crippen LogP contribution in [0.1, 0.15) is 143 Å². The highest BCUT2D eigenvalue weighted by Gasteiger charge is 2.60. The van der Waals surface area contributed by atoms with Crippen molar-refractivity contribution in [1.82, 2.24) is 20.9 Å². The molecule has 4 fully saturated rings. The number of nitrogens with one attached hydrogen (secondary N) is 4. The van der Waals surface area contributed by atoms with Gasteiger partial charge in [0.1, 0.15) is 11.2 Å². The highest BCUT2D eigenvalue weighted by molar-refractivity contribution is 5.89. The summed E-state index contributed by atoms with van der Waals surface area (Å²) in [6.45, 7) is 9.94. The molecule has 11 heteroatoms. The lowest BCUT2D eigenvalue weighted by Crippen LogP contribution is -2.63. The Balaban J connectivity index is 0.903. The van der Waals surface area contributed by atoms with Crippen LogP contribution in [0.4, 0.5) is 0 Å². The van der Waals surface area contributed by atoms with E-state index in [4.69, 9.17) is 10.5 Å². The van der Waals surface area contributed by atoms with Gasteiger partial charge in [0.25, 0.3) is 0 Å². The van der Waals surface area contributed by atoms with Crippen molar-refractivity contribution in [2.24, 2.45) is 58.5 Å². The van der Waals surface area contributed by atoms with Gasteiger partial charge < -0.3 is 46.7 Å². The fraction of sp³-hybridized carbons (Fsp3) is 0.562. The number of methoxy groups -OCH3 is 1. The second kappa shape index (κ2) is 21.6. The second-order valence-corrected chi connectivity index (χ2v) is 24.3. The Morgan fingerprint density at radius 3 is 2.59 bits per heavy atom. The SMILES string of the molecule is CCNCC1C(C2CCC3(C#CC(CCC(O)C(CCC(C)C)C(C4=CCNC(N)=C4)c4ccc5ccccc5c4)c4cc(O)c(OC)cc4CCC3=O)C(O)C2)CC2CNC3CC(=O)CC4c5cc[nH]c5C1C2C34. The summed E-state index contributed by atoms with van der Waals surface area (Å²) in [7, 11) is 1.54. The third-order valence-electron chi connectivity index (χ3n) is 19.9. The number of piperidine rings is 1. The fourth-order valence-electron chi connectivity index (χ4n) is 16.3. The van der Waals surface area contributed by atoms with Crippen molar-refractivity contribution in [2.45, 2.75) is 140 Å². The third-order valence-corrected chi connectivity index (χ3v) is 19.9. The third kappa shape index (κ3) is 9.76. The van der Waals surface area contributed by atoms with E-state index < -0.39 is 23.5 Å². The number of benzene rings is 3. The molecular formula is C64H81N5O6. The van der Waals surface area contributed by atoms with Crippen molar-refractivity contribution in [3.63, 3.8) is 0 Å². The molecule has 398 valence electrons. The van der Waals surface area contributed by atoms with E-state index >= 15 is 0 Å². The van der Waals surface area contributed by atoms with E-state index in [1.54, 1.807) is 13.2 Å². The first-order valence-electron chi connectivity index (χ1n) is 28.7. The molecule has 3 heterocycles. The summed E-state index contributed by atoms with van der Waals surface area (Å²) in [5, 5.41) is 50.2. The molecular weight excluding hydrogens is 935 g/mol. The first-order valence-corrected chi connectivity index (χ1v) is 28.7. The number of phenols is 1. The van der Waals surface area contributed by atoms with E-state index in [0.717, 1.165) is 73.0 Å². The van der Waals surface area contributed by atoms with Crippen LogP contribution in [-0.4, -0.2) is 83.4 Å². The monoisotopic (exact) mass is 1020 g/mol. The molecule has 5 aliphatic carbocycles. The number of allylic oxidation sites excluding steroid dienone is 2. The number of ether oxygens (including phenoxy) is 1. The molecule has 2 aliphatic heterocycles. The molecule has 11 nitrogen and oxygen atoms in total. The Bertz CT molecular complexity index is 2890. The molecule has 11 rings (SSSR count). The van der Waals surface area contributed by atoms with Crippen LogP contribution in [0.5, 0.6) is 11.5 Å². The number of fused-ring (bicyclic) bond motifs is 5. The average Bonchev–Trinajstić information content (AvgIpc) is 3.94. The molecule has 3 aromatic carbocycles. The number of carbonyl (C=O) groups is 2. The van der Waals surface area contributed by atoms with Crippen LogP contribution in [0.2, 0.25) is 0 Å². The number of nitrogens with two attached hydrogens (primary N) is 1. The number of Topliss-reactive ketones (excluding diaryl/α,β-unsaturated/α-hetero) is 2. The van der Waals surface area contributed by atoms with Gasteiger partial charge in [0, 0.05) is 61.5 Å². The maximum absolute atomic E-state index is 15.0. The Morgan fingerprint density at radius 2 is 1.80 bits per heavy atom. The van der Waals surface area contributed by atoms with Crippen molar-refractivity contribution >= 4 is 22.3 Å². The molecule has 3 saturated carbocycles. The van der Waals surface area contributed by atoms with Crippen LogP contribution in [0, 0.1) is 64.6 Å². The number of aliphatic hydroxyl groups excluding tert-OH is 2. The van der Waals surface area contributed by atoms with E-state index in [1.165, 1.54) is 16.6 Å². The zero-order valence-corrected chi connectivity index (χ0v) is 44.6. The number of dihydropyridines is 1. The zero-order valence-electron chi connectivity index (χ0n) is 44.6. The van der Waals surface area contributed by atoms with Crippen molar-refractivity contribution in [3.8, 4) is 23.3 Å². The maximum Gasteiger partial charge on any atom is 0.160 e. The molecule has 15 unspecified atom stereocenters. The van der Waals surface area contributed by atoms with E-state index in [-0.39, 0.29) is 47.7 Å². The number of hydrogen-bond acceptors (Lipinski definition) is 10. The van der Waals surface area contributed by atoms with Gasteiger partial charge in [0.15, 0.2) is 17.3 Å². The predicted molar refractivity (Wildman–Crippen MR) is 295 cm³/mol. The van der Waals surface area contributed by atoms with E-state index in [1.807, 2.05) is 12.1 Å². The molecule has 0 amide bonds. The summed E-state index contributed by atoms with van der Waals surface area (Å²) >= 11 is 0. The minimum atomic E-state index is -1.23. The lowest BCUT2D eigenvalue weighted by molar-refractivity contribution is -0.137. The number of ketones is 2. The number of aromatic nitrogens is 1. The fourth-order valence-corrected chi connectivity index (χ4v) is 16.3. The molecule has 1 spiro atoms. The van der Waals surface area contributed by atoms with E-state index in [0.29, 0.717) is 110 Å². The van der Waals surface area contributed by atoms with E-state index in [2.05, 4.69) is 114 Å². The number of aryl methyl sites for hydroxylation is 1. The van der Waals surface area contributed by atoms with Gasteiger partial charge in [-0.3, -0.25) is 9.59 Å². The molecule has 7 aliphatic rings. The number of rotatable bonds is 15. The molecule has 4 aromatic rings. The topological polar surface area (TPSA) is 182 Å². The highest BCUT2D eigenvalue weighted by Crippen LogP contribution is 2.63. The van der Waals surface area contributed by atoms with Crippen LogP contribution in [-0.2, 0) is 16.0 Å². The number of carbonyl (C=O) groups excluding carboxylic acids is 2. The molecule has 9 N–H and O–H groups in total. The van der Waals surface area contributed by atoms with Crippen molar-refractivity contribution in [2.75, 3.05) is 33.3 Å². The van der Waals surface area contributed by atoms with Crippen LogP contribution in [0.15, 0.2) is 90.4 Å². The molecule has 0 radical (unpaired) electrons. The van der Waals surface area contributed by atoms with Gasteiger partial charge in [-0.15, -0.1) is 0 Å². The van der Waals surface area contributed by atoms with Crippen LogP contribution < -0.4 is 26.4 Å². The zero-order chi connectivity index (χ0) is 52.1. The molecule has 1 saturated heterocycles. The van der Waals surface area contributed by atoms with Gasteiger partial charge in [0.05, 0.1) is 25.1 Å². The van der Waals surface area contributed by atoms with Crippen LogP contribution in [0.3, 0.4) is 0 Å². The minimum Gasteiger partial charge on any atom is -0.504 e. The lowest BCUT2D eigenvalue weighted by Gasteiger charge is -2.61. The maximum atomic E-state index is 15.0. The summed E-state index contributed by atoms with van der Waals surface area (Å²) < 4.78 is 5.64. The minimum absolute atomic E-state index is 0.0142. The van der Waals surface area contributed by atoms with E-state index in [9.17, 15) is 24.9 Å². The average molecular weight is 1020 g/mol. The summed E-state index contributed by atoms with van der Waals surface area (Å²) in [6.07, 6.45) is 12.1. The second-order valence-electron chi connectivity index (χ2n) is 24.3. The Hall–Kier alpha value is -5.38. The standard InChI is InChI=1S/C64H81N5O6/c1-5-66-35-51-49(27-44-34-69-52-32-45(70)31-50-46-21-25-68-63(46)62(51)60(44)61(50)52)41-19-23-64(57(74)29-41)22-18-38(48-33-54(72)55(75-4)28-40(48)14-17-56(64)73)13-16-53(71)47(15-10-36(2)3)59(43-20-24-67-58(65)30-43)42-12-11-37-8-6-7-9-39(37)26-42/h6-9,11-12,20-21,25-26,28,30,33,36,38,41,44,47,49-53,57,59-62,66-69,71-72,74H,5,10,13-17,19,23-24,27,29,31-32,34-35,65H2,1-4H3. The van der Waals surface area contributed by atoms with Crippen molar-refractivity contribution in [1.29, 1.82) is 0 Å². The number of aromatic amines is 1. The summed E-state index contributed by atoms with van der Waals surface area (Å²) in [6, 6.07) is 21.1. The molecule has 0 bridgehead atoms. The molecule has 15 atom stereocenters. The Labute approximate surface area is 444 Å². The predicted octanol–water partition coefficient (Wildman–Crippen LogP) is 9.25. The number of phenolic OH excluding ortho intramolecular Hbond substituents is 1. The smallest absolute Gasteiger partial charge is 0.160 e. The van der Waals surface area contributed by atoms with Gasteiger partial charge in [0.2, 0.25) is 0 Å². The normalized spacial score (nSPS) is 32.2. The van der Waals surface area contributed by atoms with Crippen LogP contribution >= 0.6 is 0 Å². The van der Waals surface area contributed by atoms with Crippen LogP contribution in [0.25, 0.3) is 10.8 Å². The van der Waals surface area contributed by atoms with Gasteiger partial charge in [-0.2, -0.15) is 0 Å². The summed E-state index contributed by atoms with van der Waals surface area (Å²) in [5.41, 5.74) is 11.9.